The van der Waals surface area contributed by atoms with Gasteiger partial charge in [-0.2, -0.15) is 4.68 Å². The third-order valence-electron chi connectivity index (χ3n) is 3.42. The Morgan fingerprint density at radius 3 is 2.76 bits per heavy atom. The van der Waals surface area contributed by atoms with Crippen molar-refractivity contribution in [1.29, 1.82) is 0 Å². The Labute approximate surface area is 144 Å². The zero-order valence-corrected chi connectivity index (χ0v) is 13.5. The first-order valence-corrected chi connectivity index (χ1v) is 7.26. The Morgan fingerprint density at radius 2 is 2.12 bits per heavy atom. The molecule has 0 saturated heterocycles. The molecule has 128 valence electrons. The molecule has 3 rings (SSSR count). The maximum Gasteiger partial charge on any atom is 0.348 e. The molecule has 10 heteroatoms. The molecule has 8 nitrogen and oxygen atoms in total. The minimum atomic E-state index is -0.662. The van der Waals surface area contributed by atoms with Crippen LogP contribution in [0.5, 0.6) is 5.75 Å². The molecule has 0 fully saturated rings. The summed E-state index contributed by atoms with van der Waals surface area (Å²) in [5.41, 5.74) is -0.756. The predicted octanol–water partition coefficient (Wildman–Crippen LogP) is 2.94. The van der Waals surface area contributed by atoms with Gasteiger partial charge in [0.25, 0.3) is 0 Å². The van der Waals surface area contributed by atoms with Gasteiger partial charge in [-0.1, -0.05) is 17.7 Å². The first-order valence-electron chi connectivity index (χ1n) is 6.89. The first kappa shape index (κ1) is 16.7. The van der Waals surface area contributed by atoms with Crippen LogP contribution < -0.4 is 10.4 Å². The SMILES string of the molecule is COc1cc(-n2nc(-c3c(F)cccc3Cl)[nH]c2=O)ccc1[N+](=O)[O-]. The van der Waals surface area contributed by atoms with E-state index in [1.54, 1.807) is 0 Å². The van der Waals surface area contributed by atoms with E-state index in [2.05, 4.69) is 10.1 Å². The van der Waals surface area contributed by atoms with Crippen molar-refractivity contribution in [3.63, 3.8) is 0 Å². The number of ether oxygens (including phenoxy) is 1. The van der Waals surface area contributed by atoms with E-state index >= 15 is 0 Å². The highest BCUT2D eigenvalue weighted by Gasteiger charge is 2.19. The number of nitro groups is 1. The summed E-state index contributed by atoms with van der Waals surface area (Å²) in [4.78, 5) is 24.9. The van der Waals surface area contributed by atoms with Gasteiger partial charge < -0.3 is 4.74 Å². The second-order valence-corrected chi connectivity index (χ2v) is 5.31. The van der Waals surface area contributed by atoms with E-state index in [1.807, 2.05) is 0 Å². The zero-order valence-electron chi connectivity index (χ0n) is 12.7. The average molecular weight is 365 g/mol. The summed E-state index contributed by atoms with van der Waals surface area (Å²) >= 11 is 5.97. The molecule has 0 radical (unpaired) electrons. The topological polar surface area (TPSA) is 103 Å². The molecule has 0 unspecified atom stereocenters. The normalized spacial score (nSPS) is 10.7. The Bertz CT molecular complexity index is 1010. The molecule has 0 bridgehead atoms. The number of benzene rings is 2. The summed E-state index contributed by atoms with van der Waals surface area (Å²) in [6.45, 7) is 0. The van der Waals surface area contributed by atoms with E-state index in [9.17, 15) is 19.3 Å². The van der Waals surface area contributed by atoms with Gasteiger partial charge in [-0.05, 0) is 18.2 Å². The Kier molecular flexibility index (Phi) is 4.24. The number of methoxy groups -OCH3 is 1. The van der Waals surface area contributed by atoms with Crippen LogP contribution in [-0.4, -0.2) is 26.8 Å². The number of rotatable bonds is 4. The van der Waals surface area contributed by atoms with Gasteiger partial charge in [0.15, 0.2) is 11.6 Å². The second kappa shape index (κ2) is 6.36. The molecule has 0 amide bonds. The molecule has 2 aromatic carbocycles. The summed E-state index contributed by atoms with van der Waals surface area (Å²) in [5, 5.41) is 15.0. The number of aromatic amines is 1. The third-order valence-corrected chi connectivity index (χ3v) is 3.74. The van der Waals surface area contributed by atoms with Crippen molar-refractivity contribution >= 4 is 17.3 Å². The summed E-state index contributed by atoms with van der Waals surface area (Å²) in [6.07, 6.45) is 0. The number of halogens is 2. The number of nitrogens with zero attached hydrogens (tertiary/aromatic N) is 3. The van der Waals surface area contributed by atoms with Gasteiger partial charge in [0.05, 0.1) is 28.3 Å². The van der Waals surface area contributed by atoms with E-state index < -0.39 is 16.4 Å². The standard InChI is InChI=1S/C15H10ClFN4O4/c1-25-12-7-8(5-6-11(12)21(23)24)20-15(22)18-14(19-20)13-9(16)3-2-4-10(13)17/h2-7H,1H3,(H,18,19,22). The quantitative estimate of drug-likeness (QED) is 0.566. The molecule has 0 saturated carbocycles. The van der Waals surface area contributed by atoms with Crippen molar-refractivity contribution in [1.82, 2.24) is 14.8 Å². The fourth-order valence-electron chi connectivity index (χ4n) is 2.29. The number of H-pyrrole nitrogens is 1. The van der Waals surface area contributed by atoms with Crippen LogP contribution in [0.2, 0.25) is 5.02 Å². The number of nitro benzene ring substituents is 1. The molecule has 0 aliphatic rings. The van der Waals surface area contributed by atoms with Crippen molar-refractivity contribution in [3.8, 4) is 22.8 Å². The summed E-state index contributed by atoms with van der Waals surface area (Å²) in [5.74, 6) is -0.747. The van der Waals surface area contributed by atoms with Crippen LogP contribution in [0.25, 0.3) is 17.1 Å². The maximum atomic E-state index is 14.0. The molecule has 1 N–H and O–H groups in total. The lowest BCUT2D eigenvalue weighted by atomic mass is 10.2. The van der Waals surface area contributed by atoms with Crippen LogP contribution in [0.4, 0.5) is 10.1 Å². The monoisotopic (exact) mass is 364 g/mol. The van der Waals surface area contributed by atoms with Crippen molar-refractivity contribution in [2.45, 2.75) is 0 Å². The van der Waals surface area contributed by atoms with Crippen LogP contribution >= 0.6 is 11.6 Å². The zero-order chi connectivity index (χ0) is 18.1. The van der Waals surface area contributed by atoms with Crippen LogP contribution in [0.3, 0.4) is 0 Å². The Balaban J connectivity index is 2.13. The van der Waals surface area contributed by atoms with Crippen LogP contribution in [0.1, 0.15) is 0 Å². The van der Waals surface area contributed by atoms with E-state index in [0.717, 1.165) is 4.68 Å². The highest BCUT2D eigenvalue weighted by atomic mass is 35.5. The first-order chi connectivity index (χ1) is 11.9. The number of hydrogen-bond donors (Lipinski definition) is 1. The Morgan fingerprint density at radius 1 is 1.36 bits per heavy atom. The van der Waals surface area contributed by atoms with E-state index in [0.29, 0.717) is 0 Å². The minimum Gasteiger partial charge on any atom is -0.490 e. The van der Waals surface area contributed by atoms with Gasteiger partial charge >= 0.3 is 11.4 Å². The number of hydrogen-bond acceptors (Lipinski definition) is 5. The summed E-state index contributed by atoms with van der Waals surface area (Å²) < 4.78 is 19.9. The van der Waals surface area contributed by atoms with Gasteiger partial charge in [0.1, 0.15) is 5.82 Å². The fourth-order valence-corrected chi connectivity index (χ4v) is 2.54. The highest BCUT2D eigenvalue weighted by Crippen LogP contribution is 2.30. The molecule has 3 aromatic rings. The lowest BCUT2D eigenvalue weighted by molar-refractivity contribution is -0.385. The fraction of sp³-hybridized carbons (Fsp3) is 0.0667. The van der Waals surface area contributed by atoms with Crippen molar-refractivity contribution in [2.24, 2.45) is 0 Å². The average Bonchev–Trinajstić information content (AvgIpc) is 2.95. The molecule has 0 spiro atoms. The van der Waals surface area contributed by atoms with E-state index in [4.69, 9.17) is 16.3 Å². The molecule has 1 heterocycles. The smallest absolute Gasteiger partial charge is 0.348 e. The number of nitrogens with one attached hydrogen (secondary N) is 1. The number of aromatic nitrogens is 3. The van der Waals surface area contributed by atoms with Gasteiger partial charge in [-0.25, -0.2) is 9.18 Å². The molecular formula is C15H10ClFN4O4. The molecule has 25 heavy (non-hydrogen) atoms. The van der Waals surface area contributed by atoms with Crippen molar-refractivity contribution < 1.29 is 14.1 Å². The third kappa shape index (κ3) is 2.96. The lowest BCUT2D eigenvalue weighted by Gasteiger charge is -2.05. The molecule has 0 aliphatic carbocycles. The van der Waals surface area contributed by atoms with Crippen LogP contribution in [0.15, 0.2) is 41.2 Å². The lowest BCUT2D eigenvalue weighted by Crippen LogP contribution is -2.16. The highest BCUT2D eigenvalue weighted by molar-refractivity contribution is 6.33. The summed E-state index contributed by atoms with van der Waals surface area (Å²) in [7, 11) is 1.27. The van der Waals surface area contributed by atoms with Crippen molar-refractivity contribution in [3.05, 3.63) is 67.8 Å². The van der Waals surface area contributed by atoms with Crippen molar-refractivity contribution in [2.75, 3.05) is 7.11 Å². The molecule has 0 atom stereocenters. The van der Waals surface area contributed by atoms with Gasteiger partial charge in [0, 0.05) is 12.1 Å². The predicted molar refractivity (Wildman–Crippen MR) is 87.8 cm³/mol. The largest absolute Gasteiger partial charge is 0.490 e. The molecule has 0 aliphatic heterocycles. The van der Waals surface area contributed by atoms with E-state index in [-0.39, 0.29) is 33.5 Å². The summed E-state index contributed by atoms with van der Waals surface area (Å²) in [6, 6.07) is 7.88. The van der Waals surface area contributed by atoms with Crippen LogP contribution in [-0.2, 0) is 0 Å². The minimum absolute atomic E-state index is 0.0390. The van der Waals surface area contributed by atoms with E-state index in [1.165, 1.54) is 43.5 Å². The molecule has 1 aromatic heterocycles. The maximum absolute atomic E-state index is 14.0. The van der Waals surface area contributed by atoms with Gasteiger partial charge in [-0.15, -0.1) is 5.10 Å². The Hall–Kier alpha value is -3.20. The second-order valence-electron chi connectivity index (χ2n) is 4.90. The van der Waals surface area contributed by atoms with Gasteiger partial charge in [-0.3, -0.25) is 15.1 Å². The van der Waals surface area contributed by atoms with Gasteiger partial charge in [0.2, 0.25) is 0 Å². The van der Waals surface area contributed by atoms with Crippen LogP contribution in [0, 0.1) is 15.9 Å². The molecular weight excluding hydrogens is 355 g/mol.